The lowest BCUT2D eigenvalue weighted by Crippen LogP contribution is -2.56. The minimum Gasteiger partial charge on any atom is -0.497 e. The third-order valence-corrected chi connectivity index (χ3v) is 10.2. The number of hydrogen-bond acceptors (Lipinski definition) is 7. The van der Waals surface area contributed by atoms with Crippen molar-refractivity contribution in [1.29, 1.82) is 0 Å². The number of halogens is 2. The minimum absolute atomic E-state index is 0.0932. The number of rotatable bonds is 13. The Labute approximate surface area is 302 Å². The Bertz CT molecular complexity index is 1970. The fraction of sp³-hybridized carbons (Fsp3) is 0.278. The number of benzene rings is 4. The summed E-state index contributed by atoms with van der Waals surface area (Å²) in [6.45, 7) is 6.05. The molecular weight excluding hydrogens is 703 g/mol. The summed E-state index contributed by atoms with van der Waals surface area (Å²) in [5.74, 6) is -0.740. The van der Waals surface area contributed by atoms with Crippen molar-refractivity contribution >= 4 is 56.4 Å². The number of carbonyl (C=O) groups excluding carboxylic acids is 2. The first kappa shape index (κ1) is 38.2. The van der Waals surface area contributed by atoms with Crippen molar-refractivity contribution in [3.63, 3.8) is 0 Å². The molecule has 14 heteroatoms. The molecule has 0 saturated carbocycles. The van der Waals surface area contributed by atoms with E-state index < -0.39 is 50.6 Å². The number of ether oxygens (including phenoxy) is 1. The normalized spacial score (nSPS) is 12.1. The fourth-order valence-electron chi connectivity index (χ4n) is 5.19. The SMILES string of the molecule is COc1ccc(N(CC(=O)N(Cc2ccc(Cl)c(Cl)c2)[C@@H](Cc2ccccc2)C(=O)NC(C)(C)C)S(=O)(=O)c2ccc(C)c([N+](=O)[O-])c2)cc1. The molecule has 2 amide bonds. The van der Waals surface area contributed by atoms with E-state index in [1.165, 1.54) is 55.3 Å². The number of nitro groups is 1. The summed E-state index contributed by atoms with van der Waals surface area (Å²) >= 11 is 12.5. The van der Waals surface area contributed by atoms with E-state index in [2.05, 4.69) is 5.32 Å². The van der Waals surface area contributed by atoms with E-state index >= 15 is 0 Å². The van der Waals surface area contributed by atoms with Gasteiger partial charge in [-0.3, -0.25) is 24.0 Å². The van der Waals surface area contributed by atoms with Crippen LogP contribution in [0.4, 0.5) is 11.4 Å². The molecule has 0 heterocycles. The van der Waals surface area contributed by atoms with E-state index in [1.807, 2.05) is 51.1 Å². The van der Waals surface area contributed by atoms with E-state index in [0.29, 0.717) is 16.3 Å². The van der Waals surface area contributed by atoms with Crippen LogP contribution in [0.1, 0.15) is 37.5 Å². The van der Waals surface area contributed by atoms with Crippen LogP contribution >= 0.6 is 23.2 Å². The molecule has 50 heavy (non-hydrogen) atoms. The van der Waals surface area contributed by atoms with Crippen LogP contribution < -0.4 is 14.4 Å². The second-order valence-corrected chi connectivity index (χ2v) is 15.3. The largest absolute Gasteiger partial charge is 0.497 e. The Kier molecular flexibility index (Phi) is 12.2. The summed E-state index contributed by atoms with van der Waals surface area (Å²) in [5.41, 5.74) is 0.610. The van der Waals surface area contributed by atoms with Crippen LogP contribution in [0.2, 0.25) is 10.0 Å². The molecule has 0 aliphatic rings. The number of nitro benzene ring substituents is 1. The highest BCUT2D eigenvalue weighted by Gasteiger charge is 2.36. The predicted molar refractivity (Wildman–Crippen MR) is 194 cm³/mol. The van der Waals surface area contributed by atoms with Crippen molar-refractivity contribution in [2.75, 3.05) is 18.0 Å². The van der Waals surface area contributed by atoms with E-state index in [0.717, 1.165) is 15.9 Å². The monoisotopic (exact) mass is 740 g/mol. The van der Waals surface area contributed by atoms with Gasteiger partial charge < -0.3 is 15.0 Å². The van der Waals surface area contributed by atoms with Crippen LogP contribution in [0.25, 0.3) is 0 Å². The van der Waals surface area contributed by atoms with Crippen molar-refractivity contribution in [2.24, 2.45) is 0 Å². The van der Waals surface area contributed by atoms with Gasteiger partial charge in [0.2, 0.25) is 11.8 Å². The van der Waals surface area contributed by atoms with E-state index in [-0.39, 0.29) is 34.1 Å². The molecule has 264 valence electrons. The predicted octanol–water partition coefficient (Wildman–Crippen LogP) is 6.97. The summed E-state index contributed by atoms with van der Waals surface area (Å²) < 4.78 is 34.8. The first-order valence-electron chi connectivity index (χ1n) is 15.5. The lowest BCUT2D eigenvalue weighted by atomic mass is 10.0. The van der Waals surface area contributed by atoms with Crippen molar-refractivity contribution in [1.82, 2.24) is 10.2 Å². The average molecular weight is 742 g/mol. The summed E-state index contributed by atoms with van der Waals surface area (Å²) in [5, 5.41) is 15.2. The van der Waals surface area contributed by atoms with E-state index in [1.54, 1.807) is 18.2 Å². The van der Waals surface area contributed by atoms with Crippen LogP contribution in [-0.2, 0) is 32.6 Å². The first-order chi connectivity index (χ1) is 23.5. The number of aryl methyl sites for hydroxylation is 1. The lowest BCUT2D eigenvalue weighted by molar-refractivity contribution is -0.385. The fourth-order valence-corrected chi connectivity index (χ4v) is 6.95. The molecule has 0 radical (unpaired) electrons. The average Bonchev–Trinajstić information content (AvgIpc) is 3.06. The van der Waals surface area contributed by atoms with E-state index in [9.17, 15) is 28.1 Å². The Morgan fingerprint density at radius 1 is 0.920 bits per heavy atom. The Balaban J connectivity index is 1.87. The van der Waals surface area contributed by atoms with Crippen LogP contribution in [0.3, 0.4) is 0 Å². The Morgan fingerprint density at radius 3 is 2.16 bits per heavy atom. The number of anilines is 1. The second kappa shape index (κ2) is 15.9. The molecule has 1 N–H and O–H groups in total. The highest BCUT2D eigenvalue weighted by molar-refractivity contribution is 7.92. The van der Waals surface area contributed by atoms with E-state index in [4.69, 9.17) is 27.9 Å². The molecule has 0 spiro atoms. The zero-order valence-corrected chi connectivity index (χ0v) is 30.6. The van der Waals surface area contributed by atoms with Gasteiger partial charge in [-0.1, -0.05) is 65.7 Å². The lowest BCUT2D eigenvalue weighted by Gasteiger charge is -2.35. The highest BCUT2D eigenvalue weighted by Crippen LogP contribution is 2.30. The molecular formula is C36H38Cl2N4O7S. The summed E-state index contributed by atoms with van der Waals surface area (Å²) in [6.07, 6.45) is 0.106. The van der Waals surface area contributed by atoms with Crippen molar-refractivity contribution in [3.8, 4) is 5.75 Å². The van der Waals surface area contributed by atoms with Gasteiger partial charge in [-0.15, -0.1) is 0 Å². The molecule has 1 atom stereocenters. The van der Waals surface area contributed by atoms with Gasteiger partial charge in [0.25, 0.3) is 15.7 Å². The Morgan fingerprint density at radius 2 is 1.58 bits per heavy atom. The number of hydrogen-bond donors (Lipinski definition) is 1. The minimum atomic E-state index is -4.59. The standard InChI is InChI=1S/C36H38Cl2N4O7S/c1-24-11-17-29(21-32(24)42(45)46)50(47,48)41(27-13-15-28(49-5)16-14-27)23-34(43)40(22-26-12-18-30(37)31(38)19-26)33(35(44)39-36(2,3)4)20-25-9-7-6-8-10-25/h6-19,21,33H,20,22-23H2,1-5H3,(H,39,44)/t33-/m0/s1. The van der Waals surface area contributed by atoms with Gasteiger partial charge >= 0.3 is 0 Å². The van der Waals surface area contributed by atoms with Gasteiger partial charge in [-0.05, 0) is 81.3 Å². The maximum atomic E-state index is 14.7. The number of sulfonamides is 1. The van der Waals surface area contributed by atoms with Gasteiger partial charge in [-0.25, -0.2) is 8.42 Å². The molecule has 4 aromatic carbocycles. The van der Waals surface area contributed by atoms with Gasteiger partial charge in [0.05, 0.1) is 32.7 Å². The zero-order valence-electron chi connectivity index (χ0n) is 28.2. The van der Waals surface area contributed by atoms with Crippen LogP contribution in [0, 0.1) is 17.0 Å². The number of methoxy groups -OCH3 is 1. The summed E-state index contributed by atoms with van der Waals surface area (Å²) in [4.78, 5) is 40.7. The smallest absolute Gasteiger partial charge is 0.273 e. The molecule has 0 fully saturated rings. The zero-order chi connectivity index (χ0) is 36.8. The quantitative estimate of drug-likeness (QED) is 0.115. The highest BCUT2D eigenvalue weighted by atomic mass is 35.5. The number of nitrogens with one attached hydrogen (secondary N) is 1. The number of nitrogens with zero attached hydrogens (tertiary/aromatic N) is 3. The van der Waals surface area contributed by atoms with Crippen LogP contribution in [-0.4, -0.2) is 55.3 Å². The molecule has 0 aromatic heterocycles. The van der Waals surface area contributed by atoms with Gasteiger partial charge in [0.15, 0.2) is 0 Å². The molecule has 11 nitrogen and oxygen atoms in total. The topological polar surface area (TPSA) is 139 Å². The first-order valence-corrected chi connectivity index (χ1v) is 17.7. The van der Waals surface area contributed by atoms with Crippen LogP contribution in [0.15, 0.2) is 95.9 Å². The number of carbonyl (C=O) groups is 2. The van der Waals surface area contributed by atoms with Crippen molar-refractivity contribution in [2.45, 2.75) is 57.1 Å². The molecule has 0 bridgehead atoms. The molecule has 0 saturated heterocycles. The summed E-state index contributed by atoms with van der Waals surface area (Å²) in [6, 6.07) is 22.4. The third kappa shape index (κ3) is 9.52. The van der Waals surface area contributed by atoms with Gasteiger partial charge in [-0.2, -0.15) is 0 Å². The third-order valence-electron chi connectivity index (χ3n) is 7.71. The van der Waals surface area contributed by atoms with Crippen molar-refractivity contribution < 1.29 is 27.7 Å². The van der Waals surface area contributed by atoms with Gasteiger partial charge in [0, 0.05) is 30.1 Å². The van der Waals surface area contributed by atoms with Crippen LogP contribution in [0.5, 0.6) is 5.75 Å². The molecule has 0 unspecified atom stereocenters. The molecule has 0 aliphatic carbocycles. The maximum absolute atomic E-state index is 14.7. The molecule has 0 aliphatic heterocycles. The van der Waals surface area contributed by atoms with Gasteiger partial charge in [0.1, 0.15) is 18.3 Å². The van der Waals surface area contributed by atoms with Crippen molar-refractivity contribution in [3.05, 3.63) is 128 Å². The maximum Gasteiger partial charge on any atom is 0.273 e. The molecule has 4 aromatic rings. The summed E-state index contributed by atoms with van der Waals surface area (Å²) in [7, 11) is -3.14. The molecule has 4 rings (SSSR count). The number of amides is 2. The Hall–Kier alpha value is -4.65. The second-order valence-electron chi connectivity index (χ2n) is 12.6.